The van der Waals surface area contributed by atoms with E-state index in [1.807, 2.05) is 20.8 Å². The molecule has 0 aromatic carbocycles. The molecule has 0 unspecified atom stereocenters. The van der Waals surface area contributed by atoms with Crippen LogP contribution in [0.4, 0.5) is 0 Å². The van der Waals surface area contributed by atoms with Crippen LogP contribution in [0.5, 0.6) is 0 Å². The summed E-state index contributed by atoms with van der Waals surface area (Å²) in [5, 5.41) is 30.8. The van der Waals surface area contributed by atoms with Crippen molar-refractivity contribution in [2.75, 3.05) is 13.7 Å². The molecule has 0 radical (unpaired) electrons. The smallest absolute Gasteiger partial charge is 0.308 e. The maximum absolute atomic E-state index is 12.6. The second kappa shape index (κ2) is 15.4. The van der Waals surface area contributed by atoms with Gasteiger partial charge in [-0.3, -0.25) is 9.59 Å². The molecular weight excluding hydrogens is 660 g/mol. The third-order valence-corrected chi connectivity index (χ3v) is 13.6. The zero-order valence-electron chi connectivity index (χ0n) is 32.6. The zero-order valence-corrected chi connectivity index (χ0v) is 32.6. The predicted molar refractivity (Wildman–Crippen MR) is 186 cm³/mol. The quantitative estimate of drug-likeness (QED) is 0.225. The van der Waals surface area contributed by atoms with Gasteiger partial charge in [-0.15, -0.1) is 0 Å². The van der Waals surface area contributed by atoms with Gasteiger partial charge in [-0.2, -0.15) is 0 Å². The highest BCUT2D eigenvalue weighted by molar-refractivity contribution is 5.70. The van der Waals surface area contributed by atoms with Gasteiger partial charge in [0.2, 0.25) is 0 Å². The number of carboxylic acid groups (broad SMARTS) is 1. The van der Waals surface area contributed by atoms with E-state index in [1.165, 1.54) is 7.11 Å². The maximum atomic E-state index is 12.6. The number of methoxy groups -OCH3 is 1. The lowest BCUT2D eigenvalue weighted by Gasteiger charge is -2.49. The SMILES string of the molecule is CCC(=O)O[C@H]1C[C@]2(CC[C@](C)([C@H]3CC[C@@](CC)([C@@H]4O[C@H]([C@H]5O[C@@](O)(CO)[C@H](C)C[C@@H]5C)C[C@@H]4C)O3)O2)O[C@H]([C@@H](C)[C@@H](OC)[C@H](C)C(=O)O)[C@@H]1C. The normalized spacial score (nSPS) is 47.7. The van der Waals surface area contributed by atoms with E-state index in [0.717, 1.165) is 32.1 Å². The molecule has 51 heavy (non-hydrogen) atoms. The van der Waals surface area contributed by atoms with Crippen LogP contribution in [0.15, 0.2) is 0 Å². The summed E-state index contributed by atoms with van der Waals surface area (Å²) in [4.78, 5) is 24.6. The highest BCUT2D eigenvalue weighted by atomic mass is 16.7. The Hall–Kier alpha value is -1.38. The van der Waals surface area contributed by atoms with Crippen LogP contribution in [0.1, 0.15) is 120 Å². The lowest BCUT2D eigenvalue weighted by atomic mass is 9.78. The molecule has 0 amide bonds. The number of carboxylic acids is 1. The number of aliphatic carboxylic acids is 1. The van der Waals surface area contributed by atoms with E-state index in [1.54, 1.807) is 13.8 Å². The third-order valence-electron chi connectivity index (χ3n) is 13.6. The molecule has 12 nitrogen and oxygen atoms in total. The van der Waals surface area contributed by atoms with E-state index in [-0.39, 0.29) is 66.4 Å². The molecule has 5 rings (SSSR count). The molecule has 0 aliphatic carbocycles. The Bertz CT molecular complexity index is 1230. The molecule has 5 heterocycles. The van der Waals surface area contributed by atoms with Crippen molar-refractivity contribution >= 4 is 11.9 Å². The van der Waals surface area contributed by atoms with Crippen molar-refractivity contribution in [3.8, 4) is 0 Å². The van der Waals surface area contributed by atoms with Crippen LogP contribution in [0.3, 0.4) is 0 Å². The van der Waals surface area contributed by atoms with Gasteiger partial charge in [0.15, 0.2) is 11.6 Å². The number of carbonyl (C=O) groups excluding carboxylic acids is 1. The Kier molecular flexibility index (Phi) is 12.3. The third kappa shape index (κ3) is 7.64. The minimum atomic E-state index is -1.58. The van der Waals surface area contributed by atoms with Crippen molar-refractivity contribution in [3.05, 3.63) is 0 Å². The fraction of sp³-hybridized carbons (Fsp3) is 0.949. The van der Waals surface area contributed by atoms with Gasteiger partial charge in [-0.25, -0.2) is 0 Å². The number of ether oxygens (including phenoxy) is 7. The monoisotopic (exact) mass is 726 g/mol. The first-order chi connectivity index (χ1) is 23.9. The van der Waals surface area contributed by atoms with Gasteiger partial charge in [0, 0.05) is 44.1 Å². The number of rotatable bonds is 12. The lowest BCUT2D eigenvalue weighted by Crippen LogP contribution is -2.57. The summed E-state index contributed by atoms with van der Waals surface area (Å²) in [5.41, 5.74) is -1.22. The number of hydrogen-bond donors (Lipinski definition) is 3. The number of esters is 1. The van der Waals surface area contributed by atoms with E-state index in [0.29, 0.717) is 19.3 Å². The molecule has 0 aromatic heterocycles. The van der Waals surface area contributed by atoms with Gasteiger partial charge in [-0.05, 0) is 64.2 Å². The molecule has 0 bridgehead atoms. The first kappa shape index (κ1) is 40.8. The summed E-state index contributed by atoms with van der Waals surface area (Å²) in [6.45, 7) is 17.4. The highest BCUT2D eigenvalue weighted by Crippen LogP contribution is 2.55. The van der Waals surface area contributed by atoms with E-state index in [4.69, 9.17) is 33.2 Å². The van der Waals surface area contributed by atoms with E-state index in [9.17, 15) is 24.9 Å². The fourth-order valence-corrected chi connectivity index (χ4v) is 10.3. The summed E-state index contributed by atoms with van der Waals surface area (Å²) in [5.74, 6) is -5.00. The maximum Gasteiger partial charge on any atom is 0.308 e. The second-order valence-corrected chi connectivity index (χ2v) is 17.1. The first-order valence-corrected chi connectivity index (χ1v) is 19.6. The van der Waals surface area contributed by atoms with Gasteiger partial charge in [0.25, 0.3) is 0 Å². The van der Waals surface area contributed by atoms with Crippen LogP contribution >= 0.6 is 0 Å². The fourth-order valence-electron chi connectivity index (χ4n) is 10.3. The Balaban J connectivity index is 1.33. The molecule has 5 fully saturated rings. The van der Waals surface area contributed by atoms with Crippen molar-refractivity contribution in [3.63, 3.8) is 0 Å². The summed E-state index contributed by atoms with van der Waals surface area (Å²) in [7, 11) is 1.52. The van der Waals surface area contributed by atoms with Gasteiger partial charge in [-0.1, -0.05) is 48.5 Å². The van der Waals surface area contributed by atoms with Crippen LogP contribution < -0.4 is 0 Å². The van der Waals surface area contributed by atoms with Crippen molar-refractivity contribution in [2.45, 2.75) is 186 Å². The minimum Gasteiger partial charge on any atom is -0.481 e. The summed E-state index contributed by atoms with van der Waals surface area (Å²) in [6.07, 6.45) is 3.18. The molecule has 5 saturated heterocycles. The van der Waals surface area contributed by atoms with Crippen molar-refractivity contribution < 1.29 is 58.1 Å². The van der Waals surface area contributed by atoms with Crippen LogP contribution in [-0.2, 0) is 42.7 Å². The molecule has 1 spiro atoms. The molecule has 0 aromatic rings. The highest BCUT2D eigenvalue weighted by Gasteiger charge is 2.62. The average Bonchev–Trinajstić information content (AvgIpc) is 3.81. The van der Waals surface area contributed by atoms with E-state index < -0.39 is 59.6 Å². The van der Waals surface area contributed by atoms with E-state index >= 15 is 0 Å². The minimum absolute atomic E-state index is 0.163. The topological polar surface area (TPSA) is 159 Å². The number of hydrogen-bond acceptors (Lipinski definition) is 11. The summed E-state index contributed by atoms with van der Waals surface area (Å²) in [6, 6.07) is 0. The van der Waals surface area contributed by atoms with Crippen LogP contribution in [-0.4, -0.2) is 106 Å². The Morgan fingerprint density at radius 1 is 0.980 bits per heavy atom. The van der Waals surface area contributed by atoms with Crippen molar-refractivity contribution in [1.82, 2.24) is 0 Å². The summed E-state index contributed by atoms with van der Waals surface area (Å²) < 4.78 is 45.9. The second-order valence-electron chi connectivity index (χ2n) is 17.1. The van der Waals surface area contributed by atoms with Gasteiger partial charge >= 0.3 is 11.9 Å². The Morgan fingerprint density at radius 2 is 1.69 bits per heavy atom. The molecular formula is C39H66O12. The Morgan fingerprint density at radius 3 is 2.29 bits per heavy atom. The molecule has 12 heteroatoms. The van der Waals surface area contributed by atoms with Gasteiger partial charge in [0.05, 0.1) is 60.4 Å². The molecule has 0 saturated carbocycles. The number of aliphatic hydroxyl groups is 2. The predicted octanol–water partition coefficient (Wildman–Crippen LogP) is 5.23. The first-order valence-electron chi connectivity index (χ1n) is 19.6. The molecule has 5 aliphatic rings. The summed E-state index contributed by atoms with van der Waals surface area (Å²) >= 11 is 0. The molecule has 17 atom stereocenters. The van der Waals surface area contributed by atoms with Crippen molar-refractivity contribution in [1.29, 1.82) is 0 Å². The van der Waals surface area contributed by atoms with Crippen LogP contribution in [0.2, 0.25) is 0 Å². The molecule has 5 aliphatic heterocycles. The molecule has 3 N–H and O–H groups in total. The van der Waals surface area contributed by atoms with Gasteiger partial charge in [0.1, 0.15) is 6.10 Å². The lowest BCUT2D eigenvalue weighted by molar-refractivity contribution is -0.337. The Labute approximate surface area is 304 Å². The largest absolute Gasteiger partial charge is 0.481 e. The number of carbonyl (C=O) groups is 2. The standard InChI is InChI=1S/C39H66O12/c1-11-30(41)46-28-19-38(49-33(24(28)6)25(7)32(45-10)26(8)35(42)43)16-15-36(9,51-38)29-13-14-37(12-2,48-29)34-22(4)18-27(47-34)31-21(3)17-23(5)39(44,20-40)50-31/h21-29,31-34,40,44H,11-20H2,1-10H3,(H,42,43)/t21-,22-,23+,24+,25-,26-,27-,28-,29+,31-,32+,33-,34+,36+,37-,38+,39-/m0/s1. The van der Waals surface area contributed by atoms with Gasteiger partial charge < -0.3 is 48.5 Å². The van der Waals surface area contributed by atoms with Crippen LogP contribution in [0, 0.1) is 35.5 Å². The van der Waals surface area contributed by atoms with Crippen LogP contribution in [0.25, 0.3) is 0 Å². The number of aliphatic hydroxyl groups excluding tert-OH is 1. The van der Waals surface area contributed by atoms with E-state index in [2.05, 4.69) is 27.7 Å². The van der Waals surface area contributed by atoms with Crippen molar-refractivity contribution in [2.24, 2.45) is 35.5 Å². The zero-order chi connectivity index (χ0) is 37.7. The molecule has 294 valence electrons. The average molecular weight is 727 g/mol.